The highest BCUT2D eigenvalue weighted by atomic mass is 35.5. The molecular formula is C24H30Cl2N2O3. The first-order valence-corrected chi connectivity index (χ1v) is 11.2. The first-order chi connectivity index (χ1) is 14.8. The molecule has 7 heteroatoms. The maximum atomic E-state index is 13.4. The number of carbonyl (C=O) groups excluding carboxylic acids is 2. The quantitative estimate of drug-likeness (QED) is 0.520. The normalized spacial score (nSPS) is 12.7. The van der Waals surface area contributed by atoms with Gasteiger partial charge in [0.25, 0.3) is 0 Å². The Kier molecular flexibility index (Phi) is 9.66. The highest BCUT2D eigenvalue weighted by molar-refractivity contribution is 6.36. The zero-order valence-electron chi connectivity index (χ0n) is 18.5. The van der Waals surface area contributed by atoms with Crippen LogP contribution in [0, 0.1) is 0 Å². The maximum absolute atomic E-state index is 13.4. The first-order valence-electron chi connectivity index (χ1n) is 10.5. The van der Waals surface area contributed by atoms with E-state index in [1.807, 2.05) is 45.0 Å². The van der Waals surface area contributed by atoms with Crippen LogP contribution in [0.1, 0.15) is 44.7 Å². The summed E-state index contributed by atoms with van der Waals surface area (Å²) in [6, 6.07) is 11.9. The molecule has 0 fully saturated rings. The molecule has 0 aliphatic carbocycles. The molecule has 0 saturated carbocycles. The van der Waals surface area contributed by atoms with E-state index in [4.69, 9.17) is 27.9 Å². The summed E-state index contributed by atoms with van der Waals surface area (Å²) in [4.78, 5) is 28.0. The van der Waals surface area contributed by atoms with Crippen molar-refractivity contribution in [3.05, 3.63) is 63.6 Å². The second-order valence-corrected chi connectivity index (χ2v) is 8.30. The number of halogens is 2. The predicted octanol–water partition coefficient (Wildman–Crippen LogP) is 5.27. The van der Waals surface area contributed by atoms with E-state index in [9.17, 15) is 9.59 Å². The van der Waals surface area contributed by atoms with Gasteiger partial charge in [0.1, 0.15) is 11.8 Å². The van der Waals surface area contributed by atoms with Gasteiger partial charge in [-0.3, -0.25) is 9.59 Å². The van der Waals surface area contributed by atoms with E-state index in [-0.39, 0.29) is 30.8 Å². The third-order valence-corrected chi connectivity index (χ3v) is 6.00. The Hall–Kier alpha value is -2.24. The highest BCUT2D eigenvalue weighted by Gasteiger charge is 2.30. The predicted molar refractivity (Wildman–Crippen MR) is 126 cm³/mol. The number of nitrogens with zero attached hydrogens (tertiary/aromatic N) is 1. The molecule has 2 atom stereocenters. The van der Waals surface area contributed by atoms with E-state index >= 15 is 0 Å². The SMILES string of the molecule is CC[C@H](C(=O)N[C@@H](C)CC)N(Cc1c(Cl)cccc1Cl)C(=O)Cc1ccc(OC)cc1. The summed E-state index contributed by atoms with van der Waals surface area (Å²) in [5.41, 5.74) is 1.46. The van der Waals surface area contributed by atoms with Crippen molar-refractivity contribution in [1.29, 1.82) is 0 Å². The van der Waals surface area contributed by atoms with Crippen LogP contribution in [0.2, 0.25) is 10.0 Å². The Labute approximate surface area is 194 Å². The number of benzene rings is 2. The summed E-state index contributed by atoms with van der Waals surface area (Å²) in [7, 11) is 1.59. The van der Waals surface area contributed by atoms with Crippen LogP contribution < -0.4 is 10.1 Å². The van der Waals surface area contributed by atoms with Gasteiger partial charge in [-0.25, -0.2) is 0 Å². The van der Waals surface area contributed by atoms with Crippen LogP contribution in [0.15, 0.2) is 42.5 Å². The van der Waals surface area contributed by atoms with Gasteiger partial charge in [-0.2, -0.15) is 0 Å². The molecule has 168 valence electrons. The molecule has 2 amide bonds. The molecule has 1 N–H and O–H groups in total. The third kappa shape index (κ3) is 6.88. The molecule has 0 aliphatic rings. The van der Waals surface area contributed by atoms with Crippen molar-refractivity contribution in [2.45, 2.75) is 58.7 Å². The van der Waals surface area contributed by atoms with Crippen LogP contribution in [-0.4, -0.2) is 35.9 Å². The van der Waals surface area contributed by atoms with Gasteiger partial charge in [-0.15, -0.1) is 0 Å². The van der Waals surface area contributed by atoms with Crippen LogP contribution in [0.3, 0.4) is 0 Å². The fraction of sp³-hybridized carbons (Fsp3) is 0.417. The van der Waals surface area contributed by atoms with Gasteiger partial charge in [-0.05, 0) is 49.6 Å². The van der Waals surface area contributed by atoms with Crippen molar-refractivity contribution in [3.63, 3.8) is 0 Å². The van der Waals surface area contributed by atoms with E-state index in [1.54, 1.807) is 30.2 Å². The van der Waals surface area contributed by atoms with Crippen LogP contribution in [0.5, 0.6) is 5.75 Å². The fourth-order valence-corrected chi connectivity index (χ4v) is 3.75. The average molecular weight is 465 g/mol. The summed E-state index contributed by atoms with van der Waals surface area (Å²) in [6.45, 7) is 5.99. The van der Waals surface area contributed by atoms with E-state index in [0.717, 1.165) is 17.7 Å². The van der Waals surface area contributed by atoms with Gasteiger partial charge in [0.15, 0.2) is 0 Å². The number of methoxy groups -OCH3 is 1. The van der Waals surface area contributed by atoms with Crippen molar-refractivity contribution >= 4 is 35.0 Å². The van der Waals surface area contributed by atoms with Crippen molar-refractivity contribution in [2.75, 3.05) is 7.11 Å². The van der Waals surface area contributed by atoms with Gasteiger partial charge < -0.3 is 15.0 Å². The first kappa shape index (κ1) is 25.0. The van der Waals surface area contributed by atoms with Gasteiger partial charge in [0, 0.05) is 28.2 Å². The molecule has 0 aliphatic heterocycles. The second-order valence-electron chi connectivity index (χ2n) is 7.49. The van der Waals surface area contributed by atoms with Crippen molar-refractivity contribution in [3.8, 4) is 5.75 Å². The van der Waals surface area contributed by atoms with Gasteiger partial charge in [0.2, 0.25) is 11.8 Å². The minimum Gasteiger partial charge on any atom is -0.497 e. The number of carbonyl (C=O) groups is 2. The minimum absolute atomic E-state index is 0.0176. The van der Waals surface area contributed by atoms with Crippen LogP contribution >= 0.6 is 23.2 Å². The van der Waals surface area contributed by atoms with Gasteiger partial charge in [-0.1, -0.05) is 55.2 Å². The Balaban J connectivity index is 2.34. The molecule has 2 rings (SSSR count). The van der Waals surface area contributed by atoms with Gasteiger partial charge >= 0.3 is 0 Å². The fourth-order valence-electron chi connectivity index (χ4n) is 3.23. The van der Waals surface area contributed by atoms with Crippen LogP contribution in [0.4, 0.5) is 0 Å². The lowest BCUT2D eigenvalue weighted by Gasteiger charge is -2.32. The Morgan fingerprint density at radius 1 is 1.03 bits per heavy atom. The largest absolute Gasteiger partial charge is 0.497 e. The molecule has 0 radical (unpaired) electrons. The molecule has 0 heterocycles. The number of ether oxygens (including phenoxy) is 1. The van der Waals surface area contributed by atoms with Gasteiger partial charge in [0.05, 0.1) is 13.5 Å². The molecule has 2 aromatic carbocycles. The standard InChI is InChI=1S/C24H30Cl2N2O3/c1-5-16(3)27-24(30)22(6-2)28(15-19-20(25)8-7-9-21(19)26)23(29)14-17-10-12-18(31-4)13-11-17/h7-13,16,22H,5-6,14-15H2,1-4H3,(H,27,30)/t16-,22+/m0/s1. The monoisotopic (exact) mass is 464 g/mol. The summed E-state index contributed by atoms with van der Waals surface area (Å²) in [5, 5.41) is 3.92. The summed E-state index contributed by atoms with van der Waals surface area (Å²) < 4.78 is 5.18. The summed E-state index contributed by atoms with van der Waals surface area (Å²) in [5.74, 6) is 0.366. The second kappa shape index (κ2) is 12.0. The zero-order chi connectivity index (χ0) is 23.0. The number of rotatable bonds is 10. The molecule has 0 bridgehead atoms. The maximum Gasteiger partial charge on any atom is 0.243 e. The molecule has 0 spiro atoms. The molecule has 2 aromatic rings. The zero-order valence-corrected chi connectivity index (χ0v) is 20.0. The number of amides is 2. The number of hydrogen-bond donors (Lipinski definition) is 1. The Bertz CT molecular complexity index is 867. The van der Waals surface area contributed by atoms with Crippen molar-refractivity contribution < 1.29 is 14.3 Å². The smallest absolute Gasteiger partial charge is 0.243 e. The van der Waals surface area contributed by atoms with Crippen molar-refractivity contribution in [1.82, 2.24) is 10.2 Å². The molecule has 0 aromatic heterocycles. The van der Waals surface area contributed by atoms with Crippen LogP contribution in [0.25, 0.3) is 0 Å². The lowest BCUT2D eigenvalue weighted by atomic mass is 10.1. The highest BCUT2D eigenvalue weighted by Crippen LogP contribution is 2.27. The van der Waals surface area contributed by atoms with E-state index in [2.05, 4.69) is 5.32 Å². The topological polar surface area (TPSA) is 58.6 Å². The van der Waals surface area contributed by atoms with E-state index in [0.29, 0.717) is 22.0 Å². The van der Waals surface area contributed by atoms with E-state index < -0.39 is 6.04 Å². The van der Waals surface area contributed by atoms with E-state index in [1.165, 1.54) is 0 Å². The van der Waals surface area contributed by atoms with Crippen LogP contribution in [-0.2, 0) is 22.6 Å². The molecule has 5 nitrogen and oxygen atoms in total. The molecule has 0 saturated heterocycles. The average Bonchev–Trinajstić information content (AvgIpc) is 2.75. The van der Waals surface area contributed by atoms with Crippen molar-refractivity contribution in [2.24, 2.45) is 0 Å². The Morgan fingerprint density at radius 3 is 2.16 bits per heavy atom. The lowest BCUT2D eigenvalue weighted by Crippen LogP contribution is -2.51. The molecular weight excluding hydrogens is 435 g/mol. The number of hydrogen-bond acceptors (Lipinski definition) is 3. The lowest BCUT2D eigenvalue weighted by molar-refractivity contribution is -0.141. The molecule has 31 heavy (non-hydrogen) atoms. The number of nitrogens with one attached hydrogen (secondary N) is 1. The third-order valence-electron chi connectivity index (χ3n) is 5.29. The minimum atomic E-state index is -0.632. The summed E-state index contributed by atoms with van der Waals surface area (Å²) >= 11 is 12.7. The summed E-state index contributed by atoms with van der Waals surface area (Å²) in [6.07, 6.45) is 1.43. The molecule has 0 unspecified atom stereocenters. The Morgan fingerprint density at radius 2 is 1.65 bits per heavy atom.